The van der Waals surface area contributed by atoms with E-state index in [4.69, 9.17) is 0 Å². The van der Waals surface area contributed by atoms with Gasteiger partial charge in [0.1, 0.15) is 0 Å². The minimum Gasteiger partial charge on any atom is -0.310 e. The number of fused-ring (bicyclic) bond motifs is 2. The third kappa shape index (κ3) is 1.70. The van der Waals surface area contributed by atoms with Crippen LogP contribution < -0.4 is 5.32 Å². The molecule has 1 N–H and O–H groups in total. The fraction of sp³-hybridized carbons (Fsp3) is 1.00. The van der Waals surface area contributed by atoms with E-state index >= 15 is 0 Å². The molecule has 5 atom stereocenters. The standard InChI is InChI=1S/C15H27NS/c1-10-7-12(9-17-10)16-13-8-11-5-6-15(13,4)14(11,2)3/h10-13,16H,5-9H2,1-4H3. The van der Waals surface area contributed by atoms with Gasteiger partial charge in [0.25, 0.3) is 0 Å². The maximum Gasteiger partial charge on any atom is 0.0171 e. The van der Waals surface area contributed by atoms with Crippen molar-refractivity contribution in [2.24, 2.45) is 16.7 Å². The Bertz CT molecular complexity index is 314. The van der Waals surface area contributed by atoms with Gasteiger partial charge in [-0.05, 0) is 42.4 Å². The maximum absolute atomic E-state index is 4.01. The molecule has 98 valence electrons. The molecular formula is C15H27NS. The number of nitrogens with one attached hydrogen (secondary N) is 1. The Morgan fingerprint density at radius 3 is 2.41 bits per heavy atom. The second-order valence-corrected chi connectivity index (χ2v) is 8.88. The molecule has 2 heteroatoms. The zero-order chi connectivity index (χ0) is 12.3. The lowest BCUT2D eigenvalue weighted by atomic mass is 9.69. The van der Waals surface area contributed by atoms with E-state index in [1.807, 2.05) is 0 Å². The molecule has 0 amide bonds. The monoisotopic (exact) mass is 253 g/mol. The first kappa shape index (κ1) is 12.3. The highest BCUT2D eigenvalue weighted by molar-refractivity contribution is 8.00. The third-order valence-electron chi connectivity index (χ3n) is 6.43. The summed E-state index contributed by atoms with van der Waals surface area (Å²) < 4.78 is 0. The summed E-state index contributed by atoms with van der Waals surface area (Å²) in [6.07, 6.45) is 5.72. The van der Waals surface area contributed by atoms with Gasteiger partial charge in [0.15, 0.2) is 0 Å². The lowest BCUT2D eigenvalue weighted by molar-refractivity contribution is 0.116. The van der Waals surface area contributed by atoms with Crippen LogP contribution in [-0.4, -0.2) is 23.1 Å². The van der Waals surface area contributed by atoms with Gasteiger partial charge in [-0.1, -0.05) is 27.7 Å². The van der Waals surface area contributed by atoms with E-state index in [2.05, 4.69) is 44.8 Å². The number of rotatable bonds is 2. The Hall–Kier alpha value is 0.310. The molecule has 1 saturated heterocycles. The summed E-state index contributed by atoms with van der Waals surface area (Å²) in [6, 6.07) is 1.57. The first-order chi connectivity index (χ1) is 7.93. The molecule has 3 aliphatic rings. The molecule has 1 aliphatic heterocycles. The lowest BCUT2D eigenvalue weighted by Crippen LogP contribution is -2.48. The molecule has 0 spiro atoms. The first-order valence-electron chi connectivity index (χ1n) is 7.31. The molecule has 2 aliphatic carbocycles. The topological polar surface area (TPSA) is 12.0 Å². The second-order valence-electron chi connectivity index (χ2n) is 7.41. The Morgan fingerprint density at radius 2 is 1.94 bits per heavy atom. The molecule has 2 saturated carbocycles. The quantitative estimate of drug-likeness (QED) is 0.805. The van der Waals surface area contributed by atoms with Crippen LogP contribution in [0.25, 0.3) is 0 Å². The highest BCUT2D eigenvalue weighted by Crippen LogP contribution is 2.65. The van der Waals surface area contributed by atoms with Crippen molar-refractivity contribution in [3.05, 3.63) is 0 Å². The smallest absolute Gasteiger partial charge is 0.0171 e. The van der Waals surface area contributed by atoms with Crippen molar-refractivity contribution in [3.8, 4) is 0 Å². The fourth-order valence-corrected chi connectivity index (χ4v) is 5.84. The summed E-state index contributed by atoms with van der Waals surface area (Å²) in [5.41, 5.74) is 1.11. The molecular weight excluding hydrogens is 226 g/mol. The first-order valence-corrected chi connectivity index (χ1v) is 8.36. The van der Waals surface area contributed by atoms with E-state index in [1.165, 1.54) is 31.4 Å². The predicted octanol–water partition coefficient (Wildman–Crippen LogP) is 3.68. The van der Waals surface area contributed by atoms with Crippen molar-refractivity contribution in [2.75, 3.05) is 5.75 Å². The Labute approximate surface area is 111 Å². The third-order valence-corrected chi connectivity index (χ3v) is 7.79. The van der Waals surface area contributed by atoms with Crippen LogP contribution in [0.15, 0.2) is 0 Å². The average molecular weight is 253 g/mol. The molecule has 0 aromatic carbocycles. The van der Waals surface area contributed by atoms with Gasteiger partial charge in [-0.2, -0.15) is 11.8 Å². The molecule has 0 aromatic heterocycles. The summed E-state index contributed by atoms with van der Waals surface area (Å²) in [6.45, 7) is 9.94. The van der Waals surface area contributed by atoms with Crippen molar-refractivity contribution >= 4 is 11.8 Å². The number of hydrogen-bond acceptors (Lipinski definition) is 2. The van der Waals surface area contributed by atoms with Crippen LogP contribution in [0.4, 0.5) is 0 Å². The van der Waals surface area contributed by atoms with E-state index in [-0.39, 0.29) is 0 Å². The number of thioether (sulfide) groups is 1. The minimum absolute atomic E-state index is 0.550. The van der Waals surface area contributed by atoms with Gasteiger partial charge in [0, 0.05) is 23.1 Å². The zero-order valence-electron chi connectivity index (χ0n) is 11.8. The predicted molar refractivity (Wildman–Crippen MR) is 76.5 cm³/mol. The maximum atomic E-state index is 4.01. The van der Waals surface area contributed by atoms with Crippen LogP contribution >= 0.6 is 11.8 Å². The van der Waals surface area contributed by atoms with Gasteiger partial charge in [-0.15, -0.1) is 0 Å². The fourth-order valence-electron chi connectivity index (χ4n) is 4.67. The van der Waals surface area contributed by atoms with E-state index in [0.29, 0.717) is 10.8 Å². The molecule has 2 bridgehead atoms. The number of hydrogen-bond donors (Lipinski definition) is 1. The molecule has 1 nitrogen and oxygen atoms in total. The summed E-state index contributed by atoms with van der Waals surface area (Å²) in [4.78, 5) is 0. The molecule has 0 radical (unpaired) electrons. The van der Waals surface area contributed by atoms with E-state index in [1.54, 1.807) is 0 Å². The largest absolute Gasteiger partial charge is 0.310 e. The van der Waals surface area contributed by atoms with Crippen molar-refractivity contribution < 1.29 is 0 Å². The van der Waals surface area contributed by atoms with Crippen LogP contribution in [0.2, 0.25) is 0 Å². The van der Waals surface area contributed by atoms with Crippen molar-refractivity contribution in [3.63, 3.8) is 0 Å². The summed E-state index contributed by atoms with van der Waals surface area (Å²) >= 11 is 2.15. The zero-order valence-corrected chi connectivity index (χ0v) is 12.6. The van der Waals surface area contributed by atoms with Crippen LogP contribution in [0, 0.1) is 16.7 Å². The van der Waals surface area contributed by atoms with Gasteiger partial charge in [-0.3, -0.25) is 0 Å². The van der Waals surface area contributed by atoms with Crippen molar-refractivity contribution in [2.45, 2.75) is 70.7 Å². The van der Waals surface area contributed by atoms with E-state index in [9.17, 15) is 0 Å². The Kier molecular flexibility index (Phi) is 2.83. The van der Waals surface area contributed by atoms with Crippen LogP contribution in [0.3, 0.4) is 0 Å². The van der Waals surface area contributed by atoms with Gasteiger partial charge in [-0.25, -0.2) is 0 Å². The summed E-state index contributed by atoms with van der Waals surface area (Å²) in [5, 5.41) is 4.88. The highest BCUT2D eigenvalue weighted by Gasteiger charge is 2.61. The Balaban J connectivity index is 1.70. The lowest BCUT2D eigenvalue weighted by Gasteiger charge is -2.40. The van der Waals surface area contributed by atoms with Gasteiger partial charge in [0.2, 0.25) is 0 Å². The van der Waals surface area contributed by atoms with Crippen molar-refractivity contribution in [1.82, 2.24) is 5.32 Å². The van der Waals surface area contributed by atoms with Crippen LogP contribution in [-0.2, 0) is 0 Å². The molecule has 17 heavy (non-hydrogen) atoms. The van der Waals surface area contributed by atoms with E-state index < -0.39 is 0 Å². The van der Waals surface area contributed by atoms with Crippen LogP contribution in [0.1, 0.15) is 53.4 Å². The SMILES string of the molecule is CC1CC(NC2CC3CCC2(C)C3(C)C)CS1. The molecule has 1 heterocycles. The highest BCUT2D eigenvalue weighted by atomic mass is 32.2. The van der Waals surface area contributed by atoms with Gasteiger partial charge >= 0.3 is 0 Å². The molecule has 3 rings (SSSR count). The average Bonchev–Trinajstić information content (AvgIpc) is 2.80. The van der Waals surface area contributed by atoms with Crippen molar-refractivity contribution in [1.29, 1.82) is 0 Å². The molecule has 5 unspecified atom stereocenters. The second kappa shape index (κ2) is 3.90. The summed E-state index contributed by atoms with van der Waals surface area (Å²) in [7, 11) is 0. The van der Waals surface area contributed by atoms with Crippen LogP contribution in [0.5, 0.6) is 0 Å². The minimum atomic E-state index is 0.550. The van der Waals surface area contributed by atoms with E-state index in [0.717, 1.165) is 23.3 Å². The summed E-state index contributed by atoms with van der Waals surface area (Å²) in [5.74, 6) is 2.30. The van der Waals surface area contributed by atoms with Gasteiger partial charge < -0.3 is 5.32 Å². The Morgan fingerprint density at radius 1 is 1.18 bits per heavy atom. The molecule has 3 fully saturated rings. The van der Waals surface area contributed by atoms with Gasteiger partial charge in [0.05, 0.1) is 0 Å². The normalized spacial score (nSPS) is 52.2. The molecule has 0 aromatic rings.